The molecule has 0 aromatic rings. The van der Waals surface area contributed by atoms with Crippen LogP contribution in [-0.2, 0) is 4.74 Å². The zero-order chi connectivity index (χ0) is 6.81. The number of hydrogen-bond acceptors (Lipinski definition) is 3. The molecule has 10 heavy (non-hydrogen) atoms. The minimum atomic E-state index is 0.556. The van der Waals surface area contributed by atoms with Gasteiger partial charge < -0.3 is 10.1 Å². The third-order valence-corrected chi connectivity index (χ3v) is 3.39. The lowest BCUT2D eigenvalue weighted by molar-refractivity contribution is 0.0606. The van der Waals surface area contributed by atoms with E-state index in [1.165, 1.54) is 11.5 Å². The van der Waals surface area contributed by atoms with Crippen molar-refractivity contribution in [2.45, 2.75) is 6.10 Å². The van der Waals surface area contributed by atoms with E-state index >= 15 is 0 Å². The quantitative estimate of drug-likeness (QED) is 0.550. The first kappa shape index (κ1) is 6.95. The topological polar surface area (TPSA) is 21.3 Å². The van der Waals surface area contributed by atoms with Crippen molar-refractivity contribution in [3.63, 3.8) is 0 Å². The fraction of sp³-hybridized carbons (Fsp3) is 1.00. The monoisotopic (exact) mass is 159 g/mol. The molecule has 2 aliphatic heterocycles. The van der Waals surface area contributed by atoms with Crippen LogP contribution in [0.4, 0.5) is 0 Å². The van der Waals surface area contributed by atoms with Crippen molar-refractivity contribution in [1.29, 1.82) is 0 Å². The molecule has 2 heterocycles. The van der Waals surface area contributed by atoms with E-state index in [1.807, 2.05) is 11.8 Å². The molecule has 0 aromatic carbocycles. The van der Waals surface area contributed by atoms with Gasteiger partial charge in [-0.05, 0) is 5.75 Å². The molecule has 0 aliphatic carbocycles. The van der Waals surface area contributed by atoms with Crippen LogP contribution in [0.25, 0.3) is 0 Å². The van der Waals surface area contributed by atoms with E-state index in [9.17, 15) is 0 Å². The molecule has 2 nitrogen and oxygen atoms in total. The minimum absolute atomic E-state index is 0.556. The highest BCUT2D eigenvalue weighted by molar-refractivity contribution is 7.99. The van der Waals surface area contributed by atoms with E-state index in [4.69, 9.17) is 4.74 Å². The summed E-state index contributed by atoms with van der Waals surface area (Å²) in [5.74, 6) is 3.29. The molecular formula is C7H13NOS. The summed E-state index contributed by atoms with van der Waals surface area (Å²) in [4.78, 5) is 0. The third kappa shape index (κ3) is 1.31. The Morgan fingerprint density at radius 3 is 3.40 bits per heavy atom. The molecule has 0 aromatic heterocycles. The molecule has 2 unspecified atom stereocenters. The molecule has 58 valence electrons. The maximum Gasteiger partial charge on any atom is 0.0714 e. The average molecular weight is 159 g/mol. The third-order valence-electron chi connectivity index (χ3n) is 2.16. The second kappa shape index (κ2) is 3.11. The number of nitrogens with one attached hydrogen (secondary N) is 1. The smallest absolute Gasteiger partial charge is 0.0714 e. The van der Waals surface area contributed by atoms with Crippen molar-refractivity contribution >= 4 is 11.8 Å². The van der Waals surface area contributed by atoms with Crippen LogP contribution in [0.2, 0.25) is 0 Å². The van der Waals surface area contributed by atoms with Crippen LogP contribution in [0.1, 0.15) is 0 Å². The maximum absolute atomic E-state index is 5.64. The van der Waals surface area contributed by atoms with E-state index in [-0.39, 0.29) is 0 Å². The van der Waals surface area contributed by atoms with Gasteiger partial charge in [-0.15, -0.1) is 0 Å². The lowest BCUT2D eigenvalue weighted by Gasteiger charge is -2.13. The van der Waals surface area contributed by atoms with Crippen molar-refractivity contribution in [3.05, 3.63) is 0 Å². The highest BCUT2D eigenvalue weighted by atomic mass is 32.2. The van der Waals surface area contributed by atoms with Gasteiger partial charge in [0.15, 0.2) is 0 Å². The molecule has 0 amide bonds. The summed E-state index contributed by atoms with van der Waals surface area (Å²) >= 11 is 2.02. The SMILES string of the molecule is C1COC2CSCC2CN1. The second-order valence-electron chi connectivity index (χ2n) is 2.91. The minimum Gasteiger partial charge on any atom is -0.376 e. The van der Waals surface area contributed by atoms with Crippen LogP contribution >= 0.6 is 11.8 Å². The lowest BCUT2D eigenvalue weighted by Crippen LogP contribution is -2.26. The molecular weight excluding hydrogens is 146 g/mol. The first-order valence-electron chi connectivity index (χ1n) is 3.87. The molecule has 3 heteroatoms. The molecule has 2 rings (SSSR count). The summed E-state index contributed by atoms with van der Waals surface area (Å²) in [6, 6.07) is 0. The summed E-state index contributed by atoms with van der Waals surface area (Å²) in [6.07, 6.45) is 0.556. The van der Waals surface area contributed by atoms with Crippen LogP contribution < -0.4 is 5.32 Å². The van der Waals surface area contributed by atoms with Crippen molar-refractivity contribution < 1.29 is 4.74 Å². The molecule has 0 spiro atoms. The first-order valence-corrected chi connectivity index (χ1v) is 5.02. The predicted octanol–water partition coefficient (Wildman–Crippen LogP) is 0.338. The van der Waals surface area contributed by atoms with E-state index in [2.05, 4.69) is 5.32 Å². The highest BCUT2D eigenvalue weighted by Gasteiger charge is 2.29. The Balaban J connectivity index is 1.95. The predicted molar refractivity (Wildman–Crippen MR) is 43.4 cm³/mol. The van der Waals surface area contributed by atoms with Gasteiger partial charge in [-0.25, -0.2) is 0 Å². The van der Waals surface area contributed by atoms with E-state index in [0.717, 1.165) is 25.6 Å². The summed E-state index contributed by atoms with van der Waals surface area (Å²) in [7, 11) is 0. The number of hydrogen-bond donors (Lipinski definition) is 1. The van der Waals surface area contributed by atoms with Gasteiger partial charge >= 0.3 is 0 Å². The zero-order valence-corrected chi connectivity index (χ0v) is 6.82. The van der Waals surface area contributed by atoms with Crippen LogP contribution in [0.5, 0.6) is 0 Å². The van der Waals surface area contributed by atoms with Crippen molar-refractivity contribution in [2.75, 3.05) is 31.2 Å². The van der Waals surface area contributed by atoms with Gasteiger partial charge in [-0.2, -0.15) is 11.8 Å². The summed E-state index contributed by atoms with van der Waals surface area (Å²) in [5, 5.41) is 3.38. The number of ether oxygens (including phenoxy) is 1. The van der Waals surface area contributed by atoms with Gasteiger partial charge in [0.05, 0.1) is 12.7 Å². The normalized spacial score (nSPS) is 40.8. The summed E-state index contributed by atoms with van der Waals surface area (Å²) < 4.78 is 5.64. The van der Waals surface area contributed by atoms with Crippen LogP contribution in [0.15, 0.2) is 0 Å². The Bertz CT molecular complexity index is 108. The van der Waals surface area contributed by atoms with Crippen molar-refractivity contribution in [1.82, 2.24) is 5.32 Å². The van der Waals surface area contributed by atoms with Crippen molar-refractivity contribution in [2.24, 2.45) is 5.92 Å². The number of rotatable bonds is 0. The molecule has 1 N–H and O–H groups in total. The van der Waals surface area contributed by atoms with Gasteiger partial charge in [0.1, 0.15) is 0 Å². The average Bonchev–Trinajstić information content (AvgIpc) is 2.28. The van der Waals surface area contributed by atoms with E-state index in [0.29, 0.717) is 6.10 Å². The summed E-state index contributed by atoms with van der Waals surface area (Å²) in [5.41, 5.74) is 0. The first-order chi connectivity index (χ1) is 4.97. The van der Waals surface area contributed by atoms with Crippen LogP contribution in [0, 0.1) is 5.92 Å². The van der Waals surface area contributed by atoms with Crippen LogP contribution in [-0.4, -0.2) is 37.3 Å². The van der Waals surface area contributed by atoms with Gasteiger partial charge in [0.2, 0.25) is 0 Å². The fourth-order valence-electron chi connectivity index (χ4n) is 1.52. The Morgan fingerprint density at radius 2 is 2.40 bits per heavy atom. The Morgan fingerprint density at radius 1 is 1.40 bits per heavy atom. The number of fused-ring (bicyclic) bond motifs is 1. The molecule has 2 atom stereocenters. The molecule has 2 fully saturated rings. The van der Waals surface area contributed by atoms with Crippen LogP contribution in [0.3, 0.4) is 0 Å². The lowest BCUT2D eigenvalue weighted by atomic mass is 10.1. The Kier molecular flexibility index (Phi) is 2.16. The van der Waals surface area contributed by atoms with Gasteiger partial charge in [-0.3, -0.25) is 0 Å². The molecule has 0 bridgehead atoms. The second-order valence-corrected chi connectivity index (χ2v) is 3.99. The Labute approximate surface area is 65.7 Å². The van der Waals surface area contributed by atoms with Gasteiger partial charge in [-0.1, -0.05) is 0 Å². The molecule has 2 saturated heterocycles. The zero-order valence-electron chi connectivity index (χ0n) is 6.01. The number of thioether (sulfide) groups is 1. The fourth-order valence-corrected chi connectivity index (χ4v) is 2.90. The molecule has 0 radical (unpaired) electrons. The maximum atomic E-state index is 5.64. The summed E-state index contributed by atoms with van der Waals surface area (Å²) in [6.45, 7) is 3.11. The highest BCUT2D eigenvalue weighted by Crippen LogP contribution is 2.26. The van der Waals surface area contributed by atoms with Crippen molar-refractivity contribution in [3.8, 4) is 0 Å². The van der Waals surface area contributed by atoms with Gasteiger partial charge in [0, 0.05) is 24.8 Å². The molecule has 2 aliphatic rings. The standard InChI is InChI=1S/C7H13NOS/c1-2-9-7-5-10-4-6(7)3-8-1/h6-8H,1-5H2. The molecule has 0 saturated carbocycles. The van der Waals surface area contributed by atoms with Gasteiger partial charge in [0.25, 0.3) is 0 Å². The Hall–Kier alpha value is 0.270. The van der Waals surface area contributed by atoms with E-state index in [1.54, 1.807) is 0 Å². The largest absolute Gasteiger partial charge is 0.376 e. The van der Waals surface area contributed by atoms with E-state index < -0.39 is 0 Å².